The molecular weight excluding hydrogens is 358 g/mol. The molecular formula is C21H21N3O2S. The first-order chi connectivity index (χ1) is 13.2. The summed E-state index contributed by atoms with van der Waals surface area (Å²) in [5, 5.41) is 10.8. The minimum atomic E-state index is -0.156. The van der Waals surface area contributed by atoms with Crippen LogP contribution < -0.4 is 16.0 Å². The maximum absolute atomic E-state index is 12.3. The highest BCUT2D eigenvalue weighted by Crippen LogP contribution is 2.25. The fourth-order valence-corrected chi connectivity index (χ4v) is 3.56. The van der Waals surface area contributed by atoms with E-state index in [9.17, 15) is 9.59 Å². The van der Waals surface area contributed by atoms with Gasteiger partial charge in [-0.25, -0.2) is 0 Å². The van der Waals surface area contributed by atoms with Crippen LogP contribution in [0, 0.1) is 0 Å². The Hall–Kier alpha value is -2.96. The molecule has 1 aromatic heterocycles. The minimum absolute atomic E-state index is 0.0347. The smallest absolute Gasteiger partial charge is 0.251 e. The molecule has 0 fully saturated rings. The van der Waals surface area contributed by atoms with Crippen LogP contribution in [0.5, 0.6) is 0 Å². The van der Waals surface area contributed by atoms with Crippen molar-refractivity contribution in [2.24, 2.45) is 0 Å². The quantitative estimate of drug-likeness (QED) is 0.589. The summed E-state index contributed by atoms with van der Waals surface area (Å²) >= 11 is 1.66. The van der Waals surface area contributed by atoms with Crippen LogP contribution in [-0.4, -0.2) is 25.4 Å². The number of nitrogens with one attached hydrogen (secondary N) is 3. The maximum atomic E-state index is 12.3. The van der Waals surface area contributed by atoms with Gasteiger partial charge in [0.1, 0.15) is 0 Å². The molecule has 0 bridgehead atoms. The summed E-state index contributed by atoms with van der Waals surface area (Å²) < 4.78 is 0. The first-order valence-corrected chi connectivity index (χ1v) is 9.49. The summed E-state index contributed by atoms with van der Waals surface area (Å²) in [7, 11) is 1.58. The molecule has 0 radical (unpaired) electrons. The van der Waals surface area contributed by atoms with Crippen LogP contribution in [0.4, 0.5) is 5.69 Å². The molecule has 0 saturated carbocycles. The third-order valence-electron chi connectivity index (χ3n) is 4.09. The molecule has 3 rings (SSSR count). The zero-order chi connectivity index (χ0) is 19.1. The Kier molecular flexibility index (Phi) is 6.35. The van der Waals surface area contributed by atoms with Gasteiger partial charge in [-0.2, -0.15) is 0 Å². The summed E-state index contributed by atoms with van der Waals surface area (Å²) in [5.74, 6) is -0.295. The molecule has 0 spiro atoms. The van der Waals surface area contributed by atoms with Crippen LogP contribution in [-0.2, 0) is 4.79 Å². The zero-order valence-corrected chi connectivity index (χ0v) is 15.8. The second-order valence-electron chi connectivity index (χ2n) is 5.94. The zero-order valence-electron chi connectivity index (χ0n) is 14.9. The Balaban J connectivity index is 1.62. The fraction of sp³-hybridized carbons (Fsp3) is 0.143. The van der Waals surface area contributed by atoms with Crippen LogP contribution in [0.15, 0.2) is 72.1 Å². The third kappa shape index (κ3) is 5.03. The van der Waals surface area contributed by atoms with E-state index in [1.165, 1.54) is 0 Å². The Bertz CT molecular complexity index is 878. The van der Waals surface area contributed by atoms with Crippen molar-refractivity contribution in [2.75, 3.05) is 18.9 Å². The molecule has 2 aromatic carbocycles. The molecule has 5 nitrogen and oxygen atoms in total. The highest BCUT2D eigenvalue weighted by molar-refractivity contribution is 7.10. The summed E-state index contributed by atoms with van der Waals surface area (Å²) in [4.78, 5) is 25.1. The van der Waals surface area contributed by atoms with Gasteiger partial charge >= 0.3 is 0 Å². The average molecular weight is 379 g/mol. The number of carbonyl (C=O) groups is 2. The largest absolute Gasteiger partial charge is 0.355 e. The summed E-state index contributed by atoms with van der Waals surface area (Å²) in [6, 6.07) is 20.9. The predicted octanol–water partition coefficient (Wildman–Crippen LogP) is 3.43. The first kappa shape index (κ1) is 18.8. The molecule has 0 aliphatic rings. The lowest BCUT2D eigenvalue weighted by atomic mass is 10.1. The maximum Gasteiger partial charge on any atom is 0.251 e. The fourth-order valence-electron chi connectivity index (χ4n) is 2.73. The molecule has 0 aliphatic carbocycles. The van der Waals surface area contributed by atoms with Gasteiger partial charge in [-0.1, -0.05) is 36.4 Å². The van der Waals surface area contributed by atoms with Crippen LogP contribution >= 0.6 is 11.3 Å². The Morgan fingerprint density at radius 3 is 2.33 bits per heavy atom. The molecule has 138 valence electrons. The molecule has 1 atom stereocenters. The van der Waals surface area contributed by atoms with Crippen LogP contribution in [0.3, 0.4) is 0 Å². The Morgan fingerprint density at radius 1 is 0.963 bits per heavy atom. The summed E-state index contributed by atoms with van der Waals surface area (Å²) in [5.41, 5.74) is 2.32. The van der Waals surface area contributed by atoms with Crippen molar-refractivity contribution in [3.8, 4) is 0 Å². The van der Waals surface area contributed by atoms with Crippen molar-refractivity contribution >= 4 is 28.8 Å². The van der Waals surface area contributed by atoms with Crippen molar-refractivity contribution in [3.63, 3.8) is 0 Å². The van der Waals surface area contributed by atoms with E-state index >= 15 is 0 Å². The molecule has 0 saturated heterocycles. The lowest BCUT2D eigenvalue weighted by Crippen LogP contribution is -2.31. The molecule has 0 unspecified atom stereocenters. The number of amides is 2. The summed E-state index contributed by atoms with van der Waals surface area (Å²) in [6.45, 7) is 0.175. The summed E-state index contributed by atoms with van der Waals surface area (Å²) in [6.07, 6.45) is 0. The highest BCUT2D eigenvalue weighted by Gasteiger charge is 2.16. The number of hydrogen-bond donors (Lipinski definition) is 3. The van der Waals surface area contributed by atoms with Crippen LogP contribution in [0.25, 0.3) is 0 Å². The number of anilines is 1. The normalized spacial score (nSPS) is 11.6. The monoisotopic (exact) mass is 379 g/mol. The van der Waals surface area contributed by atoms with Crippen molar-refractivity contribution in [3.05, 3.63) is 88.1 Å². The second-order valence-corrected chi connectivity index (χ2v) is 6.92. The predicted molar refractivity (Wildman–Crippen MR) is 109 cm³/mol. The van der Waals surface area contributed by atoms with E-state index in [0.29, 0.717) is 11.3 Å². The topological polar surface area (TPSA) is 70.2 Å². The second kappa shape index (κ2) is 9.12. The molecule has 3 N–H and O–H groups in total. The van der Waals surface area contributed by atoms with E-state index in [-0.39, 0.29) is 24.4 Å². The van der Waals surface area contributed by atoms with Crippen LogP contribution in [0.1, 0.15) is 26.8 Å². The van der Waals surface area contributed by atoms with Gasteiger partial charge in [-0.3, -0.25) is 14.9 Å². The number of thiophene rings is 1. The SMILES string of the molecule is CNC(=O)c1ccc(NC(=O)CN[C@H](c2ccccc2)c2cccs2)cc1. The molecule has 6 heteroatoms. The van der Waals surface area contributed by atoms with Crippen molar-refractivity contribution in [1.82, 2.24) is 10.6 Å². The van der Waals surface area contributed by atoms with E-state index in [0.717, 1.165) is 10.4 Å². The van der Waals surface area contributed by atoms with E-state index in [4.69, 9.17) is 0 Å². The number of carbonyl (C=O) groups excluding carboxylic acids is 2. The average Bonchev–Trinajstić information content (AvgIpc) is 3.23. The van der Waals surface area contributed by atoms with Gasteiger partial charge in [0.2, 0.25) is 5.91 Å². The van der Waals surface area contributed by atoms with E-state index in [1.54, 1.807) is 42.6 Å². The van der Waals surface area contributed by atoms with Crippen molar-refractivity contribution < 1.29 is 9.59 Å². The molecule has 1 heterocycles. The van der Waals surface area contributed by atoms with E-state index in [1.807, 2.05) is 41.8 Å². The van der Waals surface area contributed by atoms with Gasteiger partial charge in [-0.05, 0) is 41.3 Å². The molecule has 0 aliphatic heterocycles. The first-order valence-electron chi connectivity index (χ1n) is 8.61. The minimum Gasteiger partial charge on any atom is -0.355 e. The van der Waals surface area contributed by atoms with Gasteiger partial charge in [-0.15, -0.1) is 11.3 Å². The highest BCUT2D eigenvalue weighted by atomic mass is 32.1. The lowest BCUT2D eigenvalue weighted by molar-refractivity contribution is -0.115. The number of rotatable bonds is 7. The van der Waals surface area contributed by atoms with Gasteiger partial charge in [0.15, 0.2) is 0 Å². The van der Waals surface area contributed by atoms with E-state index < -0.39 is 0 Å². The van der Waals surface area contributed by atoms with Gasteiger partial charge in [0, 0.05) is 23.2 Å². The molecule has 27 heavy (non-hydrogen) atoms. The number of hydrogen-bond acceptors (Lipinski definition) is 4. The Labute approximate surface area is 162 Å². The van der Waals surface area contributed by atoms with Gasteiger partial charge in [0.05, 0.1) is 12.6 Å². The van der Waals surface area contributed by atoms with Gasteiger partial charge in [0.25, 0.3) is 5.91 Å². The van der Waals surface area contributed by atoms with Crippen molar-refractivity contribution in [1.29, 1.82) is 0 Å². The standard InChI is InChI=1S/C21H21N3O2S/c1-22-21(26)16-9-11-17(12-10-16)24-19(25)14-23-20(18-8-5-13-27-18)15-6-3-2-4-7-15/h2-13,20,23H,14H2,1H3,(H,22,26)(H,24,25)/t20-/m1/s1. The van der Waals surface area contributed by atoms with Crippen LogP contribution in [0.2, 0.25) is 0 Å². The van der Waals surface area contributed by atoms with Gasteiger partial charge < -0.3 is 10.6 Å². The lowest BCUT2D eigenvalue weighted by Gasteiger charge is -2.18. The van der Waals surface area contributed by atoms with Crippen molar-refractivity contribution in [2.45, 2.75) is 6.04 Å². The molecule has 3 aromatic rings. The Morgan fingerprint density at radius 2 is 1.70 bits per heavy atom. The van der Waals surface area contributed by atoms with E-state index in [2.05, 4.69) is 22.0 Å². The third-order valence-corrected chi connectivity index (χ3v) is 5.02. The molecule has 2 amide bonds. The number of benzene rings is 2.